The summed E-state index contributed by atoms with van der Waals surface area (Å²) in [6.07, 6.45) is 3.91. The number of aliphatic hydroxyl groups excluding tert-OH is 1. The van der Waals surface area contributed by atoms with Gasteiger partial charge in [-0.2, -0.15) is 0 Å². The van der Waals surface area contributed by atoms with Crippen LogP contribution >= 0.6 is 0 Å². The number of hydrogen-bond donors (Lipinski definition) is 1. The van der Waals surface area contributed by atoms with Crippen molar-refractivity contribution < 1.29 is 14.6 Å². The minimum atomic E-state index is -0.108. The van der Waals surface area contributed by atoms with Crippen molar-refractivity contribution in [2.24, 2.45) is 5.92 Å². The average Bonchev–Trinajstić information content (AvgIpc) is 2.12. The first-order chi connectivity index (χ1) is 6.66. The van der Waals surface area contributed by atoms with E-state index >= 15 is 0 Å². The Morgan fingerprint density at radius 2 is 2.00 bits per heavy atom. The van der Waals surface area contributed by atoms with E-state index in [1.165, 1.54) is 0 Å². The molecule has 3 nitrogen and oxygen atoms in total. The molecule has 0 heterocycles. The van der Waals surface area contributed by atoms with Gasteiger partial charge in [-0.05, 0) is 25.2 Å². The Labute approximate surface area is 86.5 Å². The van der Waals surface area contributed by atoms with Gasteiger partial charge >= 0.3 is 5.97 Å². The van der Waals surface area contributed by atoms with Gasteiger partial charge in [0.2, 0.25) is 0 Å². The third kappa shape index (κ3) is 9.52. The van der Waals surface area contributed by atoms with Gasteiger partial charge in [0.15, 0.2) is 0 Å². The molecule has 84 valence electrons. The zero-order valence-corrected chi connectivity index (χ0v) is 9.29. The lowest BCUT2D eigenvalue weighted by molar-refractivity contribution is -0.144. The van der Waals surface area contributed by atoms with Gasteiger partial charge in [-0.15, -0.1) is 0 Å². The number of aliphatic hydroxyl groups is 1. The molecule has 0 fully saturated rings. The Morgan fingerprint density at radius 1 is 1.29 bits per heavy atom. The summed E-state index contributed by atoms with van der Waals surface area (Å²) in [4.78, 5) is 11.1. The Bertz CT molecular complexity index is 143. The molecule has 0 aromatic carbocycles. The summed E-state index contributed by atoms with van der Waals surface area (Å²) >= 11 is 0. The largest absolute Gasteiger partial charge is 0.466 e. The van der Waals surface area contributed by atoms with Gasteiger partial charge in [-0.25, -0.2) is 0 Å². The maximum absolute atomic E-state index is 11.1. The van der Waals surface area contributed by atoms with Gasteiger partial charge in [0.25, 0.3) is 0 Å². The topological polar surface area (TPSA) is 46.5 Å². The Kier molecular flexibility index (Phi) is 8.64. The number of ether oxygens (including phenoxy) is 1. The van der Waals surface area contributed by atoms with Crippen molar-refractivity contribution in [3.8, 4) is 0 Å². The first kappa shape index (κ1) is 13.4. The lowest BCUT2D eigenvalue weighted by Crippen LogP contribution is -2.07. The summed E-state index contributed by atoms with van der Waals surface area (Å²) in [5.41, 5.74) is 0. The van der Waals surface area contributed by atoms with E-state index in [4.69, 9.17) is 9.84 Å². The second-order valence-corrected chi connectivity index (χ2v) is 3.94. The first-order valence-electron chi connectivity index (χ1n) is 5.43. The highest BCUT2D eigenvalue weighted by Gasteiger charge is 2.02. The van der Waals surface area contributed by atoms with Crippen LogP contribution in [-0.4, -0.2) is 24.3 Å². The molecule has 0 spiro atoms. The van der Waals surface area contributed by atoms with Crippen LogP contribution in [0.2, 0.25) is 0 Å². The summed E-state index contributed by atoms with van der Waals surface area (Å²) in [5.74, 6) is 0.473. The molecule has 0 saturated heterocycles. The van der Waals surface area contributed by atoms with Crippen LogP contribution in [0.15, 0.2) is 0 Å². The number of esters is 1. The highest BCUT2D eigenvalue weighted by molar-refractivity contribution is 5.69. The molecule has 0 aromatic heterocycles. The molecule has 0 aromatic rings. The summed E-state index contributed by atoms with van der Waals surface area (Å²) in [6.45, 7) is 4.96. The molecular formula is C11H22O3. The standard InChI is InChI=1S/C11H22O3/c1-10(2)7-9-14-11(13)6-4-3-5-8-12/h10,12H,3-9H2,1-2H3. The fraction of sp³-hybridized carbons (Fsp3) is 0.909. The quantitative estimate of drug-likeness (QED) is 0.484. The molecule has 0 aliphatic heterocycles. The van der Waals surface area contributed by atoms with E-state index in [0.29, 0.717) is 18.9 Å². The molecule has 0 aliphatic rings. The highest BCUT2D eigenvalue weighted by Crippen LogP contribution is 2.03. The third-order valence-corrected chi connectivity index (χ3v) is 2.00. The zero-order valence-electron chi connectivity index (χ0n) is 9.29. The van der Waals surface area contributed by atoms with E-state index in [-0.39, 0.29) is 12.6 Å². The lowest BCUT2D eigenvalue weighted by atomic mass is 10.1. The van der Waals surface area contributed by atoms with Crippen molar-refractivity contribution >= 4 is 5.97 Å². The van der Waals surface area contributed by atoms with Crippen LogP contribution in [0.4, 0.5) is 0 Å². The maximum atomic E-state index is 11.1. The highest BCUT2D eigenvalue weighted by atomic mass is 16.5. The smallest absolute Gasteiger partial charge is 0.305 e. The number of hydrogen-bond acceptors (Lipinski definition) is 3. The van der Waals surface area contributed by atoms with Gasteiger partial charge in [-0.3, -0.25) is 4.79 Å². The van der Waals surface area contributed by atoms with E-state index in [1.54, 1.807) is 0 Å². The Hall–Kier alpha value is -0.570. The van der Waals surface area contributed by atoms with Crippen LogP contribution in [-0.2, 0) is 9.53 Å². The summed E-state index contributed by atoms with van der Waals surface area (Å²) in [7, 11) is 0. The summed E-state index contributed by atoms with van der Waals surface area (Å²) in [5, 5.41) is 8.52. The number of carbonyl (C=O) groups excluding carboxylic acids is 1. The average molecular weight is 202 g/mol. The molecule has 14 heavy (non-hydrogen) atoms. The van der Waals surface area contributed by atoms with Crippen LogP contribution in [0.1, 0.15) is 46.0 Å². The number of unbranched alkanes of at least 4 members (excludes halogenated alkanes) is 2. The molecule has 0 unspecified atom stereocenters. The fourth-order valence-corrected chi connectivity index (χ4v) is 1.04. The van der Waals surface area contributed by atoms with E-state index < -0.39 is 0 Å². The number of carbonyl (C=O) groups is 1. The Balaban J connectivity index is 3.20. The van der Waals surface area contributed by atoms with Crippen LogP contribution in [0, 0.1) is 5.92 Å². The third-order valence-electron chi connectivity index (χ3n) is 2.00. The van der Waals surface area contributed by atoms with Gasteiger partial charge in [0.05, 0.1) is 6.61 Å². The van der Waals surface area contributed by atoms with Crippen LogP contribution in [0.5, 0.6) is 0 Å². The van der Waals surface area contributed by atoms with Gasteiger partial charge in [0, 0.05) is 13.0 Å². The van der Waals surface area contributed by atoms with E-state index in [2.05, 4.69) is 13.8 Å². The van der Waals surface area contributed by atoms with Crippen molar-refractivity contribution in [2.45, 2.75) is 46.0 Å². The molecule has 1 N–H and O–H groups in total. The van der Waals surface area contributed by atoms with E-state index in [9.17, 15) is 4.79 Å². The Morgan fingerprint density at radius 3 is 2.57 bits per heavy atom. The minimum Gasteiger partial charge on any atom is -0.466 e. The second kappa shape index (κ2) is 9.00. The van der Waals surface area contributed by atoms with Crippen LogP contribution < -0.4 is 0 Å². The second-order valence-electron chi connectivity index (χ2n) is 3.94. The van der Waals surface area contributed by atoms with Gasteiger partial charge in [-0.1, -0.05) is 20.3 Å². The maximum Gasteiger partial charge on any atom is 0.305 e. The first-order valence-corrected chi connectivity index (χ1v) is 5.43. The van der Waals surface area contributed by atoms with E-state index in [1.807, 2.05) is 0 Å². The van der Waals surface area contributed by atoms with Crippen molar-refractivity contribution in [2.75, 3.05) is 13.2 Å². The summed E-state index contributed by atoms with van der Waals surface area (Å²) < 4.78 is 5.03. The van der Waals surface area contributed by atoms with Crippen LogP contribution in [0.3, 0.4) is 0 Å². The van der Waals surface area contributed by atoms with E-state index in [0.717, 1.165) is 25.7 Å². The van der Waals surface area contributed by atoms with Crippen molar-refractivity contribution in [3.05, 3.63) is 0 Å². The van der Waals surface area contributed by atoms with Gasteiger partial charge < -0.3 is 9.84 Å². The van der Waals surface area contributed by atoms with Crippen molar-refractivity contribution in [1.29, 1.82) is 0 Å². The molecule has 3 heteroatoms. The molecule has 0 amide bonds. The number of rotatable bonds is 8. The van der Waals surface area contributed by atoms with Crippen molar-refractivity contribution in [3.63, 3.8) is 0 Å². The van der Waals surface area contributed by atoms with Gasteiger partial charge in [0.1, 0.15) is 0 Å². The SMILES string of the molecule is CC(C)CCOC(=O)CCCCCO. The summed E-state index contributed by atoms with van der Waals surface area (Å²) in [6, 6.07) is 0. The zero-order chi connectivity index (χ0) is 10.8. The predicted molar refractivity (Wildman–Crippen MR) is 56.0 cm³/mol. The van der Waals surface area contributed by atoms with Crippen molar-refractivity contribution in [1.82, 2.24) is 0 Å². The fourth-order valence-electron chi connectivity index (χ4n) is 1.04. The predicted octanol–water partition coefficient (Wildman–Crippen LogP) is 2.13. The molecular weight excluding hydrogens is 180 g/mol. The lowest BCUT2D eigenvalue weighted by Gasteiger charge is -2.06. The van der Waals surface area contributed by atoms with Crippen LogP contribution in [0.25, 0.3) is 0 Å². The monoisotopic (exact) mass is 202 g/mol. The normalized spacial score (nSPS) is 10.6. The molecule has 0 aliphatic carbocycles. The molecule has 0 saturated carbocycles. The molecule has 0 radical (unpaired) electrons. The molecule has 0 atom stereocenters. The molecule has 0 bridgehead atoms. The molecule has 0 rings (SSSR count). The minimum absolute atomic E-state index is 0.108.